The highest BCUT2D eigenvalue weighted by Crippen LogP contribution is 2.34. The van der Waals surface area contributed by atoms with Gasteiger partial charge in [-0.1, -0.05) is 60.7 Å². The number of carbonyl (C=O) groups excluding carboxylic acids is 1. The maximum atomic E-state index is 13.0. The summed E-state index contributed by atoms with van der Waals surface area (Å²) in [5.41, 5.74) is 4.03. The van der Waals surface area contributed by atoms with Crippen LogP contribution in [0.5, 0.6) is 0 Å². The van der Waals surface area contributed by atoms with Gasteiger partial charge in [0.2, 0.25) is 5.91 Å². The highest BCUT2D eigenvalue weighted by molar-refractivity contribution is 6.00. The van der Waals surface area contributed by atoms with Crippen LogP contribution in [0.1, 0.15) is 24.0 Å². The monoisotopic (exact) mass is 473 g/mol. The Hall–Kier alpha value is -3.41. The van der Waals surface area contributed by atoms with E-state index < -0.39 is 5.60 Å². The normalized spacial score (nSPS) is 15.4. The molecule has 0 bridgehead atoms. The maximum absolute atomic E-state index is 13.0. The molecule has 5 nitrogen and oxygen atoms in total. The molecule has 6 heteroatoms. The van der Waals surface area contributed by atoms with E-state index in [1.807, 2.05) is 78.7 Å². The van der Waals surface area contributed by atoms with Gasteiger partial charge in [-0.05, 0) is 42.2 Å². The number of likely N-dealkylation sites (tertiary alicyclic amines) is 1. The SMILES string of the molecule is Cl.Cn1c(-c2ccccc2)c(/C=C/C(=O)N2CCC(O)(c3ccccc3)CC2)c2cccnc21. The van der Waals surface area contributed by atoms with Crippen molar-refractivity contribution in [1.82, 2.24) is 14.5 Å². The van der Waals surface area contributed by atoms with Crippen LogP contribution in [-0.4, -0.2) is 38.6 Å². The molecule has 0 spiro atoms. The summed E-state index contributed by atoms with van der Waals surface area (Å²) in [6, 6.07) is 23.9. The fraction of sp³-hybridized carbons (Fsp3) is 0.214. The van der Waals surface area contributed by atoms with Crippen LogP contribution in [0.4, 0.5) is 0 Å². The molecular weight excluding hydrogens is 446 g/mol. The van der Waals surface area contributed by atoms with Gasteiger partial charge in [-0.2, -0.15) is 0 Å². The number of nitrogens with zero attached hydrogens (tertiary/aromatic N) is 3. The van der Waals surface area contributed by atoms with E-state index in [-0.39, 0.29) is 18.3 Å². The average Bonchev–Trinajstić information content (AvgIpc) is 3.15. The zero-order chi connectivity index (χ0) is 22.8. The van der Waals surface area contributed by atoms with Gasteiger partial charge in [-0.25, -0.2) is 4.98 Å². The van der Waals surface area contributed by atoms with E-state index in [2.05, 4.69) is 21.7 Å². The number of benzene rings is 2. The number of amides is 1. The number of rotatable bonds is 4. The first-order valence-electron chi connectivity index (χ1n) is 11.3. The van der Waals surface area contributed by atoms with Crippen molar-refractivity contribution in [1.29, 1.82) is 0 Å². The Morgan fingerprint density at radius 3 is 2.29 bits per heavy atom. The summed E-state index contributed by atoms with van der Waals surface area (Å²) in [5.74, 6) is -0.0370. The van der Waals surface area contributed by atoms with Gasteiger partial charge in [0, 0.05) is 43.4 Å². The first-order chi connectivity index (χ1) is 16.1. The molecule has 5 rings (SSSR count). The largest absolute Gasteiger partial charge is 0.385 e. The number of aliphatic hydroxyl groups is 1. The lowest BCUT2D eigenvalue weighted by atomic mass is 9.84. The molecule has 1 amide bonds. The molecule has 1 aliphatic heterocycles. The number of hydrogen-bond donors (Lipinski definition) is 1. The fourth-order valence-electron chi connectivity index (χ4n) is 4.80. The van der Waals surface area contributed by atoms with Gasteiger partial charge in [0.15, 0.2) is 0 Å². The molecule has 4 aromatic rings. The molecule has 1 aliphatic rings. The number of fused-ring (bicyclic) bond motifs is 1. The van der Waals surface area contributed by atoms with Crippen molar-refractivity contribution in [2.24, 2.45) is 7.05 Å². The molecule has 34 heavy (non-hydrogen) atoms. The van der Waals surface area contributed by atoms with Gasteiger partial charge >= 0.3 is 0 Å². The van der Waals surface area contributed by atoms with Crippen LogP contribution in [0.3, 0.4) is 0 Å². The van der Waals surface area contributed by atoms with E-state index in [9.17, 15) is 9.90 Å². The molecule has 0 radical (unpaired) electrons. The predicted octanol–water partition coefficient (Wildman–Crippen LogP) is 5.19. The number of piperidine rings is 1. The molecular formula is C28H28ClN3O2. The van der Waals surface area contributed by atoms with Crippen LogP contribution in [0, 0.1) is 0 Å². The van der Waals surface area contributed by atoms with Crippen molar-refractivity contribution in [3.8, 4) is 11.3 Å². The van der Waals surface area contributed by atoms with E-state index >= 15 is 0 Å². The molecule has 0 aliphatic carbocycles. The summed E-state index contributed by atoms with van der Waals surface area (Å²) in [4.78, 5) is 19.4. The summed E-state index contributed by atoms with van der Waals surface area (Å²) in [6.07, 6.45) is 6.42. The number of aromatic nitrogens is 2. The van der Waals surface area contributed by atoms with Gasteiger partial charge in [0.25, 0.3) is 0 Å². The second-order valence-electron chi connectivity index (χ2n) is 8.62. The summed E-state index contributed by atoms with van der Waals surface area (Å²) in [5, 5.41) is 12.1. The topological polar surface area (TPSA) is 58.4 Å². The summed E-state index contributed by atoms with van der Waals surface area (Å²) in [7, 11) is 2.01. The fourth-order valence-corrected chi connectivity index (χ4v) is 4.80. The van der Waals surface area contributed by atoms with Crippen LogP contribution in [0.25, 0.3) is 28.4 Å². The van der Waals surface area contributed by atoms with Crippen LogP contribution in [0.2, 0.25) is 0 Å². The van der Waals surface area contributed by atoms with Crippen molar-refractivity contribution in [3.63, 3.8) is 0 Å². The van der Waals surface area contributed by atoms with E-state index in [0.29, 0.717) is 25.9 Å². The average molecular weight is 474 g/mol. The molecule has 174 valence electrons. The van der Waals surface area contributed by atoms with Crippen LogP contribution >= 0.6 is 12.4 Å². The van der Waals surface area contributed by atoms with E-state index in [1.54, 1.807) is 12.3 Å². The van der Waals surface area contributed by atoms with E-state index in [1.165, 1.54) is 0 Å². The van der Waals surface area contributed by atoms with Crippen molar-refractivity contribution in [3.05, 3.63) is 96.2 Å². The number of carbonyl (C=O) groups is 1. The first-order valence-corrected chi connectivity index (χ1v) is 11.3. The number of pyridine rings is 1. The third kappa shape index (κ3) is 4.37. The van der Waals surface area contributed by atoms with Crippen molar-refractivity contribution in [2.45, 2.75) is 18.4 Å². The van der Waals surface area contributed by atoms with Crippen LogP contribution in [-0.2, 0) is 17.4 Å². The lowest BCUT2D eigenvalue weighted by Crippen LogP contribution is -2.44. The zero-order valence-corrected chi connectivity index (χ0v) is 19.9. The van der Waals surface area contributed by atoms with E-state index in [4.69, 9.17) is 0 Å². The Balaban J connectivity index is 0.00000274. The summed E-state index contributed by atoms with van der Waals surface area (Å²) >= 11 is 0. The first kappa shape index (κ1) is 23.7. The van der Waals surface area contributed by atoms with Crippen LogP contribution in [0.15, 0.2) is 85.1 Å². The maximum Gasteiger partial charge on any atom is 0.246 e. The predicted molar refractivity (Wildman–Crippen MR) is 139 cm³/mol. The Morgan fingerprint density at radius 1 is 0.971 bits per heavy atom. The van der Waals surface area contributed by atoms with Crippen molar-refractivity contribution < 1.29 is 9.90 Å². The molecule has 2 aromatic heterocycles. The zero-order valence-electron chi connectivity index (χ0n) is 19.1. The molecule has 0 saturated carbocycles. The van der Waals surface area contributed by atoms with E-state index in [0.717, 1.165) is 33.4 Å². The third-order valence-electron chi connectivity index (χ3n) is 6.64. The number of aryl methyl sites for hydroxylation is 1. The lowest BCUT2D eigenvalue weighted by molar-refractivity contribution is -0.130. The van der Waals surface area contributed by atoms with Crippen molar-refractivity contribution >= 4 is 35.4 Å². The molecule has 0 unspecified atom stereocenters. The smallest absolute Gasteiger partial charge is 0.246 e. The molecule has 2 aromatic carbocycles. The van der Waals surface area contributed by atoms with Gasteiger partial charge in [0.1, 0.15) is 5.65 Å². The molecule has 0 atom stereocenters. The number of halogens is 1. The number of hydrogen-bond acceptors (Lipinski definition) is 3. The second kappa shape index (κ2) is 9.84. The van der Waals surface area contributed by atoms with Crippen LogP contribution < -0.4 is 0 Å². The lowest BCUT2D eigenvalue weighted by Gasteiger charge is -2.38. The molecule has 1 saturated heterocycles. The Bertz CT molecular complexity index is 1310. The standard InChI is InChI=1S/C28H27N3O2.ClH/c1-30-26(21-9-4-2-5-10-21)23(24-13-8-18-29-27(24)30)14-15-25(32)31-19-16-28(33,17-20-31)22-11-6-3-7-12-22;/h2-15,18,33H,16-17,19-20H2,1H3;1H/b15-14+;. The Kier molecular flexibility index (Phi) is 6.87. The van der Waals surface area contributed by atoms with Gasteiger partial charge in [0.05, 0.1) is 11.3 Å². The minimum atomic E-state index is -0.871. The third-order valence-corrected chi connectivity index (χ3v) is 6.64. The Labute approximate surface area is 205 Å². The molecule has 1 fully saturated rings. The summed E-state index contributed by atoms with van der Waals surface area (Å²) < 4.78 is 2.08. The van der Waals surface area contributed by atoms with Gasteiger partial charge < -0.3 is 14.6 Å². The minimum Gasteiger partial charge on any atom is -0.385 e. The molecule has 3 heterocycles. The Morgan fingerprint density at radius 2 is 1.62 bits per heavy atom. The highest BCUT2D eigenvalue weighted by Gasteiger charge is 2.34. The highest BCUT2D eigenvalue weighted by atomic mass is 35.5. The summed E-state index contributed by atoms with van der Waals surface area (Å²) in [6.45, 7) is 1.05. The van der Waals surface area contributed by atoms with Crippen molar-refractivity contribution in [2.75, 3.05) is 13.1 Å². The molecule has 1 N–H and O–H groups in total. The van der Waals surface area contributed by atoms with Gasteiger partial charge in [-0.15, -0.1) is 12.4 Å². The minimum absolute atomic E-state index is 0. The second-order valence-corrected chi connectivity index (χ2v) is 8.62. The van der Waals surface area contributed by atoms with Gasteiger partial charge in [-0.3, -0.25) is 4.79 Å². The quantitative estimate of drug-likeness (QED) is 0.415.